The number of hydrogen-bond donors (Lipinski definition) is 1. The zero-order chi connectivity index (χ0) is 22.0. The van der Waals surface area contributed by atoms with Crippen LogP contribution in [0.25, 0.3) is 0 Å². The molecule has 0 bridgehead atoms. The lowest BCUT2D eigenvalue weighted by atomic mass is 10.3. The highest BCUT2D eigenvalue weighted by Crippen LogP contribution is 2.68. The largest absolute Gasteiger partial charge is 0.192 e. The first-order chi connectivity index (χ1) is 14.9. The molecule has 0 fully saturated rings. The predicted molar refractivity (Wildman–Crippen MR) is 146 cm³/mol. The van der Waals surface area contributed by atoms with Crippen LogP contribution >= 0.6 is 19.3 Å². The van der Waals surface area contributed by atoms with Crippen molar-refractivity contribution in [3.05, 3.63) is 121 Å². The lowest BCUT2D eigenvalue weighted by molar-refractivity contribution is 0.956. The predicted octanol–water partition coefficient (Wildman–Crippen LogP) is 5.71. The van der Waals surface area contributed by atoms with Gasteiger partial charge in [0.15, 0.2) is 7.22 Å². The Morgan fingerprint density at radius 1 is 0.548 bits per heavy atom. The van der Waals surface area contributed by atoms with Crippen molar-refractivity contribution in [2.75, 3.05) is 0 Å². The van der Waals surface area contributed by atoms with E-state index >= 15 is 0 Å². The first-order valence-electron chi connectivity index (χ1n) is 10.8. The molecule has 0 heterocycles. The van der Waals surface area contributed by atoms with Crippen molar-refractivity contribution in [3.8, 4) is 0 Å². The summed E-state index contributed by atoms with van der Waals surface area (Å²) in [5, 5.41) is 5.64. The molecule has 0 aliphatic heterocycles. The molecule has 0 nitrogen and oxygen atoms in total. The van der Waals surface area contributed by atoms with Crippen LogP contribution in [0.5, 0.6) is 0 Å². The normalized spacial score (nSPS) is 14.1. The monoisotopic (exact) mass is 457 g/mol. The molecule has 4 aromatic carbocycles. The van der Waals surface area contributed by atoms with Gasteiger partial charge in [0, 0.05) is 0 Å². The summed E-state index contributed by atoms with van der Waals surface area (Å²) in [5.41, 5.74) is 0. The van der Waals surface area contributed by atoms with E-state index in [0.29, 0.717) is 0 Å². The second kappa shape index (κ2) is 8.79. The quantitative estimate of drug-likeness (QED) is 0.214. The first kappa shape index (κ1) is 22.1. The summed E-state index contributed by atoms with van der Waals surface area (Å²) in [6, 6.07) is 44.4. The van der Waals surface area contributed by atoms with Crippen LogP contribution in [0.3, 0.4) is 0 Å². The summed E-state index contributed by atoms with van der Waals surface area (Å²) in [5.74, 6) is 0. The molecule has 4 aromatic rings. The van der Waals surface area contributed by atoms with Crippen molar-refractivity contribution in [1.29, 1.82) is 0 Å². The third-order valence-corrected chi connectivity index (χ3v) is 20.9. The molecule has 1 atom stereocenters. The Balaban J connectivity index is 2.12. The molecule has 0 amide bonds. The Morgan fingerprint density at radius 2 is 0.839 bits per heavy atom. The van der Waals surface area contributed by atoms with Crippen molar-refractivity contribution in [2.24, 2.45) is 0 Å². The van der Waals surface area contributed by atoms with Crippen LogP contribution in [0.1, 0.15) is 13.8 Å². The fraction of sp³-hybridized carbons (Fsp3) is 0.143. The molecule has 0 aliphatic carbocycles. The third-order valence-electron chi connectivity index (χ3n) is 6.80. The van der Waals surface area contributed by atoms with Gasteiger partial charge in [-0.05, 0) is 55.4 Å². The molecular weight excluding hydrogens is 427 g/mol. The van der Waals surface area contributed by atoms with Crippen LogP contribution in [-0.4, -0.2) is 12.0 Å². The van der Waals surface area contributed by atoms with E-state index < -0.39 is 14.5 Å². The maximum absolute atomic E-state index is 5.57. The van der Waals surface area contributed by atoms with E-state index in [1.807, 2.05) is 0 Å². The molecular formula is C28H30PSSi+. The van der Waals surface area contributed by atoms with Crippen molar-refractivity contribution >= 4 is 47.7 Å². The zero-order valence-corrected chi connectivity index (χ0v) is 21.2. The Morgan fingerprint density at radius 3 is 1.16 bits per heavy atom. The van der Waals surface area contributed by atoms with Gasteiger partial charge in [-0.1, -0.05) is 91.5 Å². The standard InChI is InChI=1S/C28H30PSSi/c1-28(2,31(3,30)27-22-14-7-15-23-27)29(24-16-8-4-9-17-24,25-18-10-5-11-19-25)26-20-12-6-13-21-26/h4-23,30H,1-3H3/q+1. The summed E-state index contributed by atoms with van der Waals surface area (Å²) in [7, 11) is -4.30. The highest BCUT2D eigenvalue weighted by molar-refractivity contribution is 8.19. The smallest absolute Gasteiger partial charge is 0.189 e. The van der Waals surface area contributed by atoms with E-state index in [-0.39, 0.29) is 4.78 Å². The summed E-state index contributed by atoms with van der Waals surface area (Å²) < 4.78 is -0.0610. The van der Waals surface area contributed by atoms with Crippen molar-refractivity contribution in [1.82, 2.24) is 0 Å². The van der Waals surface area contributed by atoms with Gasteiger partial charge >= 0.3 is 0 Å². The summed E-state index contributed by atoms with van der Waals surface area (Å²) in [6.45, 7) is 7.37. The molecule has 0 saturated carbocycles. The SMILES string of the molecule is CC(C)([Si](C)(S)c1ccccc1)[P+](c1ccccc1)(c1ccccc1)c1ccccc1. The van der Waals surface area contributed by atoms with Crippen molar-refractivity contribution in [3.63, 3.8) is 0 Å². The second-order valence-corrected chi connectivity index (χ2v) is 19.8. The molecule has 4 rings (SSSR count). The van der Waals surface area contributed by atoms with Gasteiger partial charge in [-0.25, -0.2) is 0 Å². The summed E-state index contributed by atoms with van der Waals surface area (Å²) in [6.07, 6.45) is 0. The van der Waals surface area contributed by atoms with Crippen LogP contribution in [0.2, 0.25) is 6.55 Å². The van der Waals surface area contributed by atoms with Gasteiger partial charge in [0.1, 0.15) is 23.2 Å². The lowest BCUT2D eigenvalue weighted by Gasteiger charge is -2.47. The van der Waals surface area contributed by atoms with Crippen LogP contribution in [0.15, 0.2) is 121 Å². The maximum Gasteiger partial charge on any atom is 0.189 e. The minimum Gasteiger partial charge on any atom is -0.192 e. The average Bonchev–Trinajstić information content (AvgIpc) is 2.82. The highest BCUT2D eigenvalue weighted by Gasteiger charge is 2.65. The Bertz CT molecular complexity index is 1010. The third kappa shape index (κ3) is 3.61. The van der Waals surface area contributed by atoms with Gasteiger partial charge in [-0.2, -0.15) is 12.1 Å². The molecule has 0 saturated heterocycles. The average molecular weight is 458 g/mol. The van der Waals surface area contributed by atoms with E-state index in [1.54, 1.807) is 0 Å². The molecule has 0 N–H and O–H groups in total. The molecule has 31 heavy (non-hydrogen) atoms. The number of hydrogen-bond acceptors (Lipinski definition) is 1. The van der Waals surface area contributed by atoms with Crippen LogP contribution in [0, 0.1) is 0 Å². The van der Waals surface area contributed by atoms with Crippen molar-refractivity contribution in [2.45, 2.75) is 25.2 Å². The van der Waals surface area contributed by atoms with Gasteiger partial charge in [0.2, 0.25) is 0 Å². The Hall–Kier alpha value is -2.12. The molecule has 1 unspecified atom stereocenters. The molecule has 156 valence electrons. The summed E-state index contributed by atoms with van der Waals surface area (Å²) >= 11 is 5.57. The Labute approximate surface area is 193 Å². The second-order valence-electron chi connectivity index (χ2n) is 8.67. The minimum atomic E-state index is -2.25. The van der Waals surface area contributed by atoms with E-state index in [0.717, 1.165) is 0 Å². The fourth-order valence-electron chi connectivity index (χ4n) is 4.81. The van der Waals surface area contributed by atoms with Gasteiger partial charge in [-0.15, -0.1) is 0 Å². The van der Waals surface area contributed by atoms with Crippen LogP contribution in [0.4, 0.5) is 0 Å². The lowest BCUT2D eigenvalue weighted by Crippen LogP contribution is -2.63. The van der Waals surface area contributed by atoms with Gasteiger partial charge in [-0.3, -0.25) is 0 Å². The first-order valence-corrected chi connectivity index (χ1v) is 16.3. The van der Waals surface area contributed by atoms with E-state index in [2.05, 4.69) is 142 Å². The molecule has 0 spiro atoms. The van der Waals surface area contributed by atoms with E-state index in [1.165, 1.54) is 21.1 Å². The molecule has 0 aliphatic rings. The van der Waals surface area contributed by atoms with Crippen LogP contribution < -0.4 is 21.1 Å². The van der Waals surface area contributed by atoms with E-state index in [4.69, 9.17) is 12.1 Å². The van der Waals surface area contributed by atoms with Crippen LogP contribution in [-0.2, 0) is 0 Å². The van der Waals surface area contributed by atoms with Gasteiger partial charge < -0.3 is 0 Å². The number of thiol groups is 1. The molecule has 0 radical (unpaired) electrons. The fourth-order valence-corrected chi connectivity index (χ4v) is 17.0. The number of benzene rings is 4. The maximum atomic E-state index is 5.57. The minimum absolute atomic E-state index is 0.0610. The van der Waals surface area contributed by atoms with Gasteiger partial charge in [0.25, 0.3) is 0 Å². The Kier molecular flexibility index (Phi) is 6.26. The van der Waals surface area contributed by atoms with Crippen molar-refractivity contribution < 1.29 is 0 Å². The highest BCUT2D eigenvalue weighted by atomic mass is 32.3. The van der Waals surface area contributed by atoms with E-state index in [9.17, 15) is 0 Å². The topological polar surface area (TPSA) is 0 Å². The molecule has 3 heteroatoms. The zero-order valence-electron chi connectivity index (χ0n) is 18.4. The summed E-state index contributed by atoms with van der Waals surface area (Å²) in [4.78, 5) is 0. The van der Waals surface area contributed by atoms with Gasteiger partial charge in [0.05, 0.1) is 4.78 Å². The number of rotatable bonds is 6. The molecule has 0 aromatic heterocycles.